The van der Waals surface area contributed by atoms with Crippen molar-refractivity contribution in [2.75, 3.05) is 43.1 Å². The van der Waals surface area contributed by atoms with Crippen LogP contribution in [0.15, 0.2) is 36.5 Å². The van der Waals surface area contributed by atoms with Gasteiger partial charge in [-0.25, -0.2) is 0 Å². The Bertz CT molecular complexity index is 614. The maximum Gasteiger partial charge on any atom is 0.153 e. The first-order valence-corrected chi connectivity index (χ1v) is 7.26. The number of halogens is 1. The van der Waals surface area contributed by atoms with Gasteiger partial charge in [-0.2, -0.15) is 5.10 Å². The number of nitrogens with zero attached hydrogens (tertiary/aromatic N) is 4. The number of ether oxygens (including phenoxy) is 1. The first-order chi connectivity index (χ1) is 10.3. The summed E-state index contributed by atoms with van der Waals surface area (Å²) in [7, 11) is 1.69. The Balaban J connectivity index is 1.67. The number of benzene rings is 1. The van der Waals surface area contributed by atoms with Gasteiger partial charge < -0.3 is 14.5 Å². The van der Waals surface area contributed by atoms with Crippen molar-refractivity contribution in [3.8, 4) is 5.75 Å². The van der Waals surface area contributed by atoms with Gasteiger partial charge in [0.15, 0.2) is 5.15 Å². The van der Waals surface area contributed by atoms with Gasteiger partial charge in [-0.3, -0.25) is 0 Å². The monoisotopic (exact) mass is 304 g/mol. The fraction of sp³-hybridized carbons (Fsp3) is 0.333. The van der Waals surface area contributed by atoms with Crippen LogP contribution in [-0.4, -0.2) is 43.5 Å². The van der Waals surface area contributed by atoms with Crippen LogP contribution >= 0.6 is 11.6 Å². The van der Waals surface area contributed by atoms with Gasteiger partial charge in [-0.05, 0) is 12.1 Å². The molecule has 1 fully saturated rings. The Morgan fingerprint density at radius 3 is 2.43 bits per heavy atom. The van der Waals surface area contributed by atoms with Crippen LogP contribution in [0.25, 0.3) is 0 Å². The Hall–Kier alpha value is -2.01. The molecule has 3 rings (SSSR count). The number of anilines is 2. The number of piperazine rings is 1. The van der Waals surface area contributed by atoms with Crippen LogP contribution in [0.2, 0.25) is 5.15 Å². The second-order valence-corrected chi connectivity index (χ2v) is 5.30. The fourth-order valence-corrected chi connectivity index (χ4v) is 2.69. The molecule has 0 bridgehead atoms. The van der Waals surface area contributed by atoms with Crippen molar-refractivity contribution < 1.29 is 4.74 Å². The van der Waals surface area contributed by atoms with E-state index in [2.05, 4.69) is 32.1 Å². The maximum atomic E-state index is 5.90. The highest BCUT2D eigenvalue weighted by atomic mass is 35.5. The molecule has 1 saturated heterocycles. The highest BCUT2D eigenvalue weighted by Gasteiger charge is 2.18. The van der Waals surface area contributed by atoms with Crippen LogP contribution in [0.3, 0.4) is 0 Å². The Morgan fingerprint density at radius 1 is 1.05 bits per heavy atom. The van der Waals surface area contributed by atoms with E-state index >= 15 is 0 Å². The fourth-order valence-electron chi connectivity index (χ4n) is 2.53. The van der Waals surface area contributed by atoms with Gasteiger partial charge in [0.2, 0.25) is 0 Å². The third kappa shape index (κ3) is 3.19. The van der Waals surface area contributed by atoms with E-state index in [0.717, 1.165) is 37.6 Å². The summed E-state index contributed by atoms with van der Waals surface area (Å²) >= 11 is 5.90. The van der Waals surface area contributed by atoms with Crippen LogP contribution in [0.1, 0.15) is 0 Å². The van der Waals surface area contributed by atoms with Gasteiger partial charge in [-0.1, -0.05) is 17.7 Å². The molecule has 1 aliphatic rings. The molecule has 5 nitrogen and oxygen atoms in total. The predicted octanol–water partition coefficient (Wildman–Crippen LogP) is 2.47. The van der Waals surface area contributed by atoms with Crippen molar-refractivity contribution in [3.63, 3.8) is 0 Å². The van der Waals surface area contributed by atoms with E-state index in [4.69, 9.17) is 16.3 Å². The zero-order valence-corrected chi connectivity index (χ0v) is 12.6. The van der Waals surface area contributed by atoms with E-state index in [0.29, 0.717) is 5.15 Å². The molecule has 1 aromatic heterocycles. The molecule has 0 N–H and O–H groups in total. The largest absolute Gasteiger partial charge is 0.497 e. The van der Waals surface area contributed by atoms with Crippen molar-refractivity contribution >= 4 is 23.0 Å². The topological polar surface area (TPSA) is 41.5 Å². The number of rotatable bonds is 3. The normalized spacial score (nSPS) is 15.1. The molecule has 0 radical (unpaired) electrons. The molecule has 0 saturated carbocycles. The van der Waals surface area contributed by atoms with E-state index in [-0.39, 0.29) is 0 Å². The molecule has 110 valence electrons. The second-order valence-electron chi connectivity index (χ2n) is 4.91. The average Bonchev–Trinajstić information content (AvgIpc) is 2.55. The van der Waals surface area contributed by atoms with E-state index in [1.165, 1.54) is 5.69 Å². The summed E-state index contributed by atoms with van der Waals surface area (Å²) < 4.78 is 5.28. The van der Waals surface area contributed by atoms with Gasteiger partial charge in [0.05, 0.1) is 19.0 Å². The third-order valence-electron chi connectivity index (χ3n) is 3.67. The summed E-state index contributed by atoms with van der Waals surface area (Å²) in [5, 5.41) is 8.12. The molecule has 2 aromatic rings. The molecule has 1 aliphatic heterocycles. The zero-order chi connectivity index (χ0) is 14.7. The van der Waals surface area contributed by atoms with Gasteiger partial charge in [0, 0.05) is 44.0 Å². The molecule has 0 aliphatic carbocycles. The highest BCUT2D eigenvalue weighted by molar-refractivity contribution is 6.29. The number of hydrogen-bond donors (Lipinski definition) is 0. The first kappa shape index (κ1) is 13.9. The summed E-state index contributed by atoms with van der Waals surface area (Å²) in [6, 6.07) is 10.0. The van der Waals surface area contributed by atoms with Crippen molar-refractivity contribution in [1.29, 1.82) is 0 Å². The van der Waals surface area contributed by atoms with Gasteiger partial charge >= 0.3 is 0 Å². The first-order valence-electron chi connectivity index (χ1n) is 6.88. The van der Waals surface area contributed by atoms with Gasteiger partial charge in [0.1, 0.15) is 5.75 Å². The standard InChI is InChI=1S/C15H17ClN4O/c1-21-14-4-2-3-12(9-14)19-5-7-20(8-6-19)13-10-15(16)18-17-11-13/h2-4,9-11H,5-8H2,1H3. The van der Waals surface area contributed by atoms with E-state index in [1.807, 2.05) is 18.2 Å². The van der Waals surface area contributed by atoms with Crippen LogP contribution in [0.4, 0.5) is 11.4 Å². The molecule has 0 spiro atoms. The number of aromatic nitrogens is 2. The molecule has 2 heterocycles. The predicted molar refractivity (Wildman–Crippen MR) is 84.5 cm³/mol. The van der Waals surface area contributed by atoms with Gasteiger partial charge in [-0.15, -0.1) is 5.10 Å². The summed E-state index contributed by atoms with van der Waals surface area (Å²) in [4.78, 5) is 4.63. The highest BCUT2D eigenvalue weighted by Crippen LogP contribution is 2.24. The van der Waals surface area contributed by atoms with Crippen molar-refractivity contribution in [2.24, 2.45) is 0 Å². The molecule has 0 atom stereocenters. The lowest BCUT2D eigenvalue weighted by Crippen LogP contribution is -2.46. The molecule has 0 unspecified atom stereocenters. The molecule has 0 amide bonds. The molecular weight excluding hydrogens is 288 g/mol. The number of hydrogen-bond acceptors (Lipinski definition) is 5. The van der Waals surface area contributed by atoms with Crippen LogP contribution in [0, 0.1) is 0 Å². The van der Waals surface area contributed by atoms with Crippen LogP contribution < -0.4 is 14.5 Å². The Labute approximate surface area is 129 Å². The van der Waals surface area contributed by atoms with Crippen molar-refractivity contribution in [1.82, 2.24) is 10.2 Å². The summed E-state index contributed by atoms with van der Waals surface area (Å²) in [6.45, 7) is 3.76. The van der Waals surface area contributed by atoms with E-state index < -0.39 is 0 Å². The SMILES string of the molecule is COc1cccc(N2CCN(c3cnnc(Cl)c3)CC2)c1. The Morgan fingerprint density at radius 2 is 1.76 bits per heavy atom. The lowest BCUT2D eigenvalue weighted by Gasteiger charge is -2.37. The van der Waals surface area contributed by atoms with Crippen LogP contribution in [0.5, 0.6) is 5.75 Å². The minimum absolute atomic E-state index is 0.433. The summed E-state index contributed by atoms with van der Waals surface area (Å²) in [5.41, 5.74) is 2.22. The van der Waals surface area contributed by atoms with E-state index in [9.17, 15) is 0 Å². The third-order valence-corrected chi connectivity index (χ3v) is 3.86. The van der Waals surface area contributed by atoms with Crippen LogP contribution in [-0.2, 0) is 0 Å². The summed E-state index contributed by atoms with van der Waals surface area (Å²) in [5.74, 6) is 0.889. The lowest BCUT2D eigenvalue weighted by atomic mass is 10.2. The molecular formula is C15H17ClN4O. The van der Waals surface area contributed by atoms with Crippen molar-refractivity contribution in [2.45, 2.75) is 0 Å². The molecule has 1 aromatic carbocycles. The quantitative estimate of drug-likeness (QED) is 0.871. The Kier molecular flexibility index (Phi) is 4.10. The smallest absolute Gasteiger partial charge is 0.153 e. The van der Waals surface area contributed by atoms with Crippen molar-refractivity contribution in [3.05, 3.63) is 41.7 Å². The molecule has 6 heteroatoms. The maximum absolute atomic E-state index is 5.90. The lowest BCUT2D eigenvalue weighted by molar-refractivity contribution is 0.414. The second kappa shape index (κ2) is 6.18. The molecule has 21 heavy (non-hydrogen) atoms. The zero-order valence-electron chi connectivity index (χ0n) is 11.9. The average molecular weight is 305 g/mol. The van der Waals surface area contributed by atoms with Gasteiger partial charge in [0.25, 0.3) is 0 Å². The minimum atomic E-state index is 0.433. The summed E-state index contributed by atoms with van der Waals surface area (Å²) in [6.07, 6.45) is 1.76. The number of methoxy groups -OCH3 is 1. The van der Waals surface area contributed by atoms with E-state index in [1.54, 1.807) is 13.3 Å². The minimum Gasteiger partial charge on any atom is -0.497 e.